The minimum atomic E-state index is -0.408. The smallest absolute Gasteiger partial charge is 0.228 e. The molecule has 0 spiro atoms. The number of hydrogen-bond donors (Lipinski definition) is 2. The fourth-order valence-corrected chi connectivity index (χ4v) is 1.73. The van der Waals surface area contributed by atoms with Crippen LogP contribution in [0.2, 0.25) is 5.02 Å². The second-order valence-corrected chi connectivity index (χ2v) is 4.68. The molecule has 0 bridgehead atoms. The van der Waals surface area contributed by atoms with Crippen molar-refractivity contribution in [2.75, 3.05) is 5.32 Å². The van der Waals surface area contributed by atoms with Crippen LogP contribution in [0.4, 0.5) is 16.0 Å². The highest BCUT2D eigenvalue weighted by Crippen LogP contribution is 2.24. The Morgan fingerprint density at radius 1 is 1.37 bits per heavy atom. The van der Waals surface area contributed by atoms with Crippen molar-refractivity contribution in [1.82, 2.24) is 9.97 Å². The molecule has 0 amide bonds. The number of aryl methyl sites for hydroxylation is 1. The Bertz CT molecular complexity index is 648. The zero-order valence-electron chi connectivity index (χ0n) is 9.95. The average Bonchev–Trinajstić information content (AvgIpc) is 2.33. The molecule has 1 aromatic heterocycles. The summed E-state index contributed by atoms with van der Waals surface area (Å²) in [7, 11) is 0. The van der Waals surface area contributed by atoms with Crippen LogP contribution in [-0.2, 0) is 0 Å². The average molecular weight is 297 g/mol. The Morgan fingerprint density at radius 2 is 2.11 bits per heavy atom. The number of halogens is 2. The Balaban J connectivity index is 2.38. The molecule has 0 aliphatic rings. The lowest BCUT2D eigenvalue weighted by molar-refractivity contribution is 0.628. The molecular weight excluding hydrogens is 287 g/mol. The topological polar surface area (TPSA) is 63.8 Å². The summed E-state index contributed by atoms with van der Waals surface area (Å²) < 4.78 is 13.2. The van der Waals surface area contributed by atoms with Crippen molar-refractivity contribution < 1.29 is 4.39 Å². The Morgan fingerprint density at radius 3 is 2.79 bits per heavy atom. The quantitative estimate of drug-likeness (QED) is 0.853. The van der Waals surface area contributed by atoms with Crippen molar-refractivity contribution in [3.63, 3.8) is 0 Å². The zero-order chi connectivity index (χ0) is 14.0. The number of nitrogens with two attached hydrogens (primary N) is 1. The summed E-state index contributed by atoms with van der Waals surface area (Å²) in [6, 6.07) is 5.64. The first-order valence-corrected chi connectivity index (χ1v) is 6.12. The number of nitrogens with one attached hydrogen (secondary N) is 1. The number of rotatable bonds is 3. The van der Waals surface area contributed by atoms with Gasteiger partial charge in [-0.15, -0.1) is 0 Å². The van der Waals surface area contributed by atoms with E-state index in [4.69, 9.17) is 29.6 Å². The standard InChI is InChI=1S/C12H10ClFN4S/c1-6-4-10(11(15)19)18-12(16-6)17-9-5-7(14)2-3-8(9)13/h2-5H,1H3,(H2,15,19)(H,16,17,18). The van der Waals surface area contributed by atoms with E-state index in [0.717, 1.165) is 0 Å². The van der Waals surface area contributed by atoms with E-state index in [1.165, 1.54) is 18.2 Å². The molecule has 1 heterocycles. The predicted molar refractivity (Wildman–Crippen MR) is 77.3 cm³/mol. The Kier molecular flexibility index (Phi) is 3.92. The molecule has 2 rings (SSSR count). The number of nitrogens with zero attached hydrogens (tertiary/aromatic N) is 2. The molecule has 3 N–H and O–H groups in total. The van der Waals surface area contributed by atoms with Crippen LogP contribution in [0.5, 0.6) is 0 Å². The number of hydrogen-bond acceptors (Lipinski definition) is 4. The van der Waals surface area contributed by atoms with Crippen LogP contribution in [0.25, 0.3) is 0 Å². The number of thiocarbonyl (C=S) groups is 1. The minimum absolute atomic E-state index is 0.166. The van der Waals surface area contributed by atoms with Gasteiger partial charge in [-0.05, 0) is 31.2 Å². The Hall–Kier alpha value is -1.79. The molecule has 0 fully saturated rings. The number of benzene rings is 1. The van der Waals surface area contributed by atoms with Gasteiger partial charge in [0, 0.05) is 5.69 Å². The van der Waals surface area contributed by atoms with Crippen molar-refractivity contribution in [2.45, 2.75) is 6.92 Å². The van der Waals surface area contributed by atoms with Crippen LogP contribution >= 0.6 is 23.8 Å². The highest BCUT2D eigenvalue weighted by atomic mass is 35.5. The third-order valence-electron chi connectivity index (χ3n) is 2.28. The van der Waals surface area contributed by atoms with Crippen molar-refractivity contribution in [1.29, 1.82) is 0 Å². The van der Waals surface area contributed by atoms with Crippen LogP contribution in [0.1, 0.15) is 11.4 Å². The maximum absolute atomic E-state index is 13.2. The highest BCUT2D eigenvalue weighted by molar-refractivity contribution is 7.80. The molecule has 2 aromatic rings. The van der Waals surface area contributed by atoms with Crippen molar-refractivity contribution in [3.05, 3.63) is 46.5 Å². The molecule has 0 saturated heterocycles. The van der Waals surface area contributed by atoms with Gasteiger partial charge in [0.1, 0.15) is 16.5 Å². The molecule has 0 saturated carbocycles. The molecule has 19 heavy (non-hydrogen) atoms. The van der Waals surface area contributed by atoms with E-state index >= 15 is 0 Å². The van der Waals surface area contributed by atoms with Crippen molar-refractivity contribution in [3.8, 4) is 0 Å². The summed E-state index contributed by atoms with van der Waals surface area (Å²) in [6.45, 7) is 1.78. The molecule has 4 nitrogen and oxygen atoms in total. The van der Waals surface area contributed by atoms with Gasteiger partial charge in [0.2, 0.25) is 5.95 Å². The van der Waals surface area contributed by atoms with Crippen LogP contribution in [0.3, 0.4) is 0 Å². The molecule has 0 aliphatic carbocycles. The second-order valence-electron chi connectivity index (χ2n) is 3.83. The largest absolute Gasteiger partial charge is 0.388 e. The second kappa shape index (κ2) is 5.46. The SMILES string of the molecule is Cc1cc(C(N)=S)nc(Nc2cc(F)ccc2Cl)n1. The molecule has 0 aliphatic heterocycles. The maximum Gasteiger partial charge on any atom is 0.228 e. The molecule has 0 unspecified atom stereocenters. The lowest BCUT2D eigenvalue weighted by atomic mass is 10.3. The van der Waals surface area contributed by atoms with E-state index in [9.17, 15) is 4.39 Å². The van der Waals surface area contributed by atoms with Crippen molar-refractivity contribution in [2.24, 2.45) is 5.73 Å². The zero-order valence-corrected chi connectivity index (χ0v) is 11.5. The minimum Gasteiger partial charge on any atom is -0.388 e. The highest BCUT2D eigenvalue weighted by Gasteiger charge is 2.07. The van der Waals surface area contributed by atoms with Gasteiger partial charge in [0.25, 0.3) is 0 Å². The van der Waals surface area contributed by atoms with E-state index in [1.807, 2.05) is 0 Å². The molecule has 0 atom stereocenters. The van der Waals surface area contributed by atoms with Crippen molar-refractivity contribution >= 4 is 40.4 Å². The third kappa shape index (κ3) is 3.36. The molecule has 0 radical (unpaired) electrons. The number of aromatic nitrogens is 2. The summed E-state index contributed by atoms with van der Waals surface area (Å²) in [4.78, 5) is 8.46. The molecular formula is C12H10ClFN4S. The van der Waals surface area contributed by atoms with E-state index in [1.54, 1.807) is 13.0 Å². The van der Waals surface area contributed by atoms with E-state index in [2.05, 4.69) is 15.3 Å². The van der Waals surface area contributed by atoms with Crippen LogP contribution in [0, 0.1) is 12.7 Å². The van der Waals surface area contributed by atoms with Gasteiger partial charge in [-0.1, -0.05) is 23.8 Å². The van der Waals surface area contributed by atoms with Gasteiger partial charge >= 0.3 is 0 Å². The molecule has 98 valence electrons. The van der Waals surface area contributed by atoms with Gasteiger partial charge in [-0.25, -0.2) is 14.4 Å². The summed E-state index contributed by atoms with van der Waals surface area (Å²) in [5.74, 6) is -0.149. The van der Waals surface area contributed by atoms with Gasteiger partial charge in [0.05, 0.1) is 10.7 Å². The predicted octanol–water partition coefficient (Wildman–Crippen LogP) is 2.96. The van der Waals surface area contributed by atoms with Crippen LogP contribution < -0.4 is 11.1 Å². The van der Waals surface area contributed by atoms with E-state index in [-0.39, 0.29) is 10.9 Å². The van der Waals surface area contributed by atoms with E-state index < -0.39 is 5.82 Å². The summed E-state index contributed by atoms with van der Waals surface area (Å²) in [6.07, 6.45) is 0. The summed E-state index contributed by atoms with van der Waals surface area (Å²) in [5, 5.41) is 3.20. The molecule has 7 heteroatoms. The monoisotopic (exact) mass is 296 g/mol. The summed E-state index contributed by atoms with van der Waals surface area (Å²) >= 11 is 10.8. The lowest BCUT2D eigenvalue weighted by Gasteiger charge is -2.09. The maximum atomic E-state index is 13.2. The Labute approximate surface area is 119 Å². The first kappa shape index (κ1) is 13.6. The third-order valence-corrected chi connectivity index (χ3v) is 2.82. The fraction of sp³-hybridized carbons (Fsp3) is 0.0833. The van der Waals surface area contributed by atoms with Gasteiger partial charge in [-0.3, -0.25) is 0 Å². The van der Waals surface area contributed by atoms with Gasteiger partial charge < -0.3 is 11.1 Å². The fourth-order valence-electron chi connectivity index (χ4n) is 1.46. The number of anilines is 2. The van der Waals surface area contributed by atoms with Crippen LogP contribution in [-0.4, -0.2) is 15.0 Å². The normalized spacial score (nSPS) is 10.3. The summed E-state index contributed by atoms with van der Waals surface area (Å²) in [5.41, 5.74) is 7.03. The first-order chi connectivity index (χ1) is 8.95. The van der Waals surface area contributed by atoms with Gasteiger partial charge in [-0.2, -0.15) is 0 Å². The van der Waals surface area contributed by atoms with E-state index in [0.29, 0.717) is 22.1 Å². The van der Waals surface area contributed by atoms with Gasteiger partial charge in [0.15, 0.2) is 0 Å². The van der Waals surface area contributed by atoms with Crippen LogP contribution in [0.15, 0.2) is 24.3 Å². The molecule has 1 aromatic carbocycles. The first-order valence-electron chi connectivity index (χ1n) is 5.33. The lowest BCUT2D eigenvalue weighted by Crippen LogP contribution is -2.13.